The van der Waals surface area contributed by atoms with Crippen molar-refractivity contribution in [3.8, 4) is 0 Å². The summed E-state index contributed by atoms with van der Waals surface area (Å²) in [4.78, 5) is 0. The summed E-state index contributed by atoms with van der Waals surface area (Å²) in [5.41, 5.74) is 6.59. The highest BCUT2D eigenvalue weighted by Crippen LogP contribution is 2.58. The van der Waals surface area contributed by atoms with Gasteiger partial charge in [0, 0.05) is 11.8 Å². The average Bonchev–Trinajstić information content (AvgIpc) is 3.01. The molecule has 0 heterocycles. The Morgan fingerprint density at radius 1 is 0.538 bits per heavy atom. The third-order valence-corrected chi connectivity index (χ3v) is 10.3. The number of hydrogen-bond acceptors (Lipinski definition) is 2. The summed E-state index contributed by atoms with van der Waals surface area (Å²) in [6, 6.07) is 53.2. The zero-order valence-electron chi connectivity index (χ0n) is 21.5. The van der Waals surface area contributed by atoms with Gasteiger partial charge < -0.3 is 17.0 Å². The maximum Gasteiger partial charge on any atom is 0.139 e. The predicted octanol–water partition coefficient (Wildman–Crippen LogP) is 4.27. The van der Waals surface area contributed by atoms with Gasteiger partial charge in [-0.05, 0) is 48.0 Å². The monoisotopic (exact) mass is 588 g/mol. The highest BCUT2D eigenvalue weighted by molar-refractivity contribution is 7.98. The molecule has 192 valence electrons. The number of hydrogen-bond donors (Lipinski definition) is 1. The molecule has 0 aromatic heterocycles. The number of allylic oxidation sites excluding steroid dienone is 1. The molecule has 0 aliphatic carbocycles. The molecule has 0 aliphatic heterocycles. The average molecular weight is 590 g/mol. The molecular formula is C35H30BrN2P. The third kappa shape index (κ3) is 6.89. The highest BCUT2D eigenvalue weighted by Gasteiger charge is 2.44. The molecule has 5 aromatic rings. The van der Waals surface area contributed by atoms with Crippen LogP contribution in [0.2, 0.25) is 0 Å². The number of hydrazone groups is 1. The van der Waals surface area contributed by atoms with E-state index >= 15 is 0 Å². The van der Waals surface area contributed by atoms with Crippen molar-refractivity contribution in [2.45, 2.75) is 0 Å². The molecule has 0 amide bonds. The number of rotatable bonds is 9. The van der Waals surface area contributed by atoms with Crippen LogP contribution in [0.1, 0.15) is 11.1 Å². The van der Waals surface area contributed by atoms with Gasteiger partial charge in [-0.25, -0.2) is 0 Å². The molecule has 0 atom stereocenters. The summed E-state index contributed by atoms with van der Waals surface area (Å²) in [6.07, 6.45) is 5.81. The number of benzene rings is 5. The topological polar surface area (TPSA) is 24.4 Å². The minimum Gasteiger partial charge on any atom is -1.00 e. The number of halogens is 1. The van der Waals surface area contributed by atoms with Crippen LogP contribution in [0, 0.1) is 0 Å². The molecule has 5 rings (SSSR count). The van der Waals surface area contributed by atoms with Crippen LogP contribution in [-0.2, 0) is 0 Å². The lowest BCUT2D eigenvalue weighted by Crippen LogP contribution is -3.00. The van der Waals surface area contributed by atoms with E-state index in [1.165, 1.54) is 15.9 Å². The Labute approximate surface area is 242 Å². The Bertz CT molecular complexity index is 1410. The van der Waals surface area contributed by atoms with Gasteiger partial charge >= 0.3 is 0 Å². The van der Waals surface area contributed by atoms with E-state index in [2.05, 4.69) is 144 Å². The molecule has 0 spiro atoms. The molecular weight excluding hydrogens is 559 g/mol. The Morgan fingerprint density at radius 3 is 1.41 bits per heavy atom. The lowest BCUT2D eigenvalue weighted by Gasteiger charge is -2.25. The van der Waals surface area contributed by atoms with Crippen LogP contribution in [0.25, 0.3) is 11.8 Å². The SMILES string of the molecule is C(=Cc1ccccc1)C=NNC(=C[P+](c1ccccc1)(c1ccccc1)c1ccccc1)c1ccccc1.[Br-]. The summed E-state index contributed by atoms with van der Waals surface area (Å²) in [5, 5.41) is 8.49. The van der Waals surface area contributed by atoms with Crippen molar-refractivity contribution in [3.05, 3.63) is 175 Å². The second-order valence-electron chi connectivity index (χ2n) is 8.80. The Morgan fingerprint density at radius 2 is 0.949 bits per heavy atom. The lowest BCUT2D eigenvalue weighted by molar-refractivity contribution is -0.00000726. The fraction of sp³-hybridized carbons (Fsp3) is 0. The molecule has 0 radical (unpaired) electrons. The molecule has 1 N–H and O–H groups in total. The summed E-state index contributed by atoms with van der Waals surface area (Å²) in [5.74, 6) is 2.42. The highest BCUT2D eigenvalue weighted by atomic mass is 79.9. The smallest absolute Gasteiger partial charge is 0.139 e. The van der Waals surface area contributed by atoms with E-state index in [1.54, 1.807) is 6.21 Å². The van der Waals surface area contributed by atoms with Crippen LogP contribution >= 0.6 is 7.26 Å². The van der Waals surface area contributed by atoms with Crippen molar-refractivity contribution >= 4 is 41.2 Å². The fourth-order valence-electron chi connectivity index (χ4n) is 4.51. The molecule has 4 heteroatoms. The standard InChI is InChI=1S/C35H30N2P.BrH/c1-6-17-30(18-7-1)19-16-28-36-37-35(31-20-8-2-9-21-31)29-38(32-22-10-3-11-23-32,33-24-12-4-13-25-33)34-26-14-5-15-27-34;/h1-29,37H;1H/q+1;/p-1. The van der Waals surface area contributed by atoms with Gasteiger partial charge in [-0.2, -0.15) is 5.10 Å². The van der Waals surface area contributed by atoms with E-state index in [0.29, 0.717) is 0 Å². The zero-order valence-corrected chi connectivity index (χ0v) is 24.0. The molecule has 39 heavy (non-hydrogen) atoms. The van der Waals surface area contributed by atoms with Crippen LogP contribution in [0.4, 0.5) is 0 Å². The molecule has 5 aromatic carbocycles. The maximum absolute atomic E-state index is 4.62. The molecule has 0 bridgehead atoms. The maximum atomic E-state index is 4.62. The molecule has 2 nitrogen and oxygen atoms in total. The van der Waals surface area contributed by atoms with Gasteiger partial charge in [0.25, 0.3) is 0 Å². The van der Waals surface area contributed by atoms with E-state index in [0.717, 1.165) is 16.8 Å². The molecule has 0 saturated heterocycles. The Hall–Kier alpha value is -4.04. The summed E-state index contributed by atoms with van der Waals surface area (Å²) in [7, 11) is -2.19. The number of nitrogens with zero attached hydrogens (tertiary/aromatic N) is 1. The molecule has 0 fully saturated rings. The third-order valence-electron chi connectivity index (χ3n) is 6.33. The van der Waals surface area contributed by atoms with Crippen molar-refractivity contribution in [2.24, 2.45) is 5.10 Å². The minimum absolute atomic E-state index is 0. The van der Waals surface area contributed by atoms with Crippen molar-refractivity contribution in [2.75, 3.05) is 0 Å². The minimum atomic E-state index is -2.19. The number of nitrogens with one attached hydrogen (secondary N) is 1. The van der Waals surface area contributed by atoms with Crippen molar-refractivity contribution in [1.82, 2.24) is 5.43 Å². The summed E-state index contributed by atoms with van der Waals surface area (Å²) >= 11 is 0. The van der Waals surface area contributed by atoms with E-state index in [-0.39, 0.29) is 17.0 Å². The van der Waals surface area contributed by atoms with Gasteiger partial charge in [0.05, 0.1) is 11.5 Å². The lowest BCUT2D eigenvalue weighted by atomic mass is 10.2. The van der Waals surface area contributed by atoms with Crippen molar-refractivity contribution in [3.63, 3.8) is 0 Å². The van der Waals surface area contributed by atoms with Gasteiger partial charge in [-0.3, -0.25) is 5.43 Å². The second-order valence-corrected chi connectivity index (χ2v) is 12.1. The van der Waals surface area contributed by atoms with Crippen molar-refractivity contribution in [1.29, 1.82) is 0 Å². The van der Waals surface area contributed by atoms with Gasteiger partial charge in [0.2, 0.25) is 0 Å². The first-order valence-corrected chi connectivity index (χ1v) is 14.6. The quantitative estimate of drug-likeness (QED) is 0.155. The molecule has 0 unspecified atom stereocenters. The first-order chi connectivity index (χ1) is 18.9. The normalized spacial score (nSPS) is 11.8. The van der Waals surface area contributed by atoms with E-state index in [4.69, 9.17) is 0 Å². The molecule has 0 saturated carbocycles. The van der Waals surface area contributed by atoms with E-state index < -0.39 is 7.26 Å². The van der Waals surface area contributed by atoms with Crippen LogP contribution in [-0.4, -0.2) is 6.21 Å². The Balaban J connectivity index is 0.00000353. The summed E-state index contributed by atoms with van der Waals surface area (Å²) < 4.78 is 0. The molecule has 0 aliphatic rings. The summed E-state index contributed by atoms with van der Waals surface area (Å²) in [6.45, 7) is 0. The zero-order chi connectivity index (χ0) is 25.9. The first kappa shape index (κ1) is 28.0. The van der Waals surface area contributed by atoms with Crippen LogP contribution in [0.5, 0.6) is 0 Å². The van der Waals surface area contributed by atoms with Gasteiger partial charge in [-0.1, -0.05) is 121 Å². The van der Waals surface area contributed by atoms with E-state index in [1.807, 2.05) is 36.4 Å². The fourth-order valence-corrected chi connectivity index (χ4v) is 8.37. The van der Waals surface area contributed by atoms with Crippen molar-refractivity contribution < 1.29 is 17.0 Å². The van der Waals surface area contributed by atoms with Crippen LogP contribution in [0.3, 0.4) is 0 Å². The largest absolute Gasteiger partial charge is 1.00 e. The van der Waals surface area contributed by atoms with Gasteiger partial charge in [0.1, 0.15) is 23.2 Å². The predicted molar refractivity (Wildman–Crippen MR) is 167 cm³/mol. The van der Waals surface area contributed by atoms with Crippen LogP contribution < -0.4 is 38.3 Å². The van der Waals surface area contributed by atoms with Crippen LogP contribution in [0.15, 0.2) is 169 Å². The second kappa shape index (κ2) is 14.2. The van der Waals surface area contributed by atoms with E-state index in [9.17, 15) is 0 Å². The Kier molecular flexibility index (Phi) is 10.2. The first-order valence-electron chi connectivity index (χ1n) is 12.7. The van der Waals surface area contributed by atoms with Gasteiger partial charge in [0.15, 0.2) is 0 Å². The van der Waals surface area contributed by atoms with Gasteiger partial charge in [-0.15, -0.1) is 0 Å².